The summed E-state index contributed by atoms with van der Waals surface area (Å²) in [6.07, 6.45) is 2.05. The van der Waals surface area contributed by atoms with Crippen molar-refractivity contribution >= 4 is 17.3 Å². The molecule has 3 nitrogen and oxygen atoms in total. The molecule has 2 aromatic carbocycles. The van der Waals surface area contributed by atoms with Crippen LogP contribution in [0.3, 0.4) is 0 Å². The highest BCUT2D eigenvalue weighted by atomic mass is 19.1. The molecule has 0 atom stereocenters. The van der Waals surface area contributed by atoms with E-state index in [9.17, 15) is 9.18 Å². The van der Waals surface area contributed by atoms with E-state index in [1.807, 2.05) is 12.1 Å². The molecular weight excluding hydrogens is 267 g/mol. The summed E-state index contributed by atoms with van der Waals surface area (Å²) in [5.41, 5.74) is 3.81. The van der Waals surface area contributed by atoms with Crippen LogP contribution in [0, 0.1) is 12.7 Å². The molecule has 0 unspecified atom stereocenters. The second kappa shape index (κ2) is 5.56. The van der Waals surface area contributed by atoms with Crippen molar-refractivity contribution in [1.82, 2.24) is 0 Å². The second-order valence-electron chi connectivity index (χ2n) is 5.27. The average molecular weight is 284 g/mol. The topological polar surface area (TPSA) is 41.1 Å². The van der Waals surface area contributed by atoms with Gasteiger partial charge in [0.05, 0.1) is 0 Å². The van der Waals surface area contributed by atoms with Crippen molar-refractivity contribution in [1.29, 1.82) is 0 Å². The van der Waals surface area contributed by atoms with Gasteiger partial charge in [-0.1, -0.05) is 6.07 Å². The van der Waals surface area contributed by atoms with Crippen LogP contribution in [0.25, 0.3) is 0 Å². The van der Waals surface area contributed by atoms with Crippen molar-refractivity contribution in [2.45, 2.75) is 19.8 Å². The molecule has 0 spiro atoms. The number of carbonyl (C=O) groups excluding carboxylic acids is 1. The van der Waals surface area contributed by atoms with Gasteiger partial charge in [0.1, 0.15) is 5.82 Å². The van der Waals surface area contributed by atoms with Gasteiger partial charge in [0, 0.05) is 29.0 Å². The fraction of sp³-hybridized carbons (Fsp3) is 0.235. The zero-order valence-electron chi connectivity index (χ0n) is 11.9. The Kier molecular flexibility index (Phi) is 3.60. The number of amides is 1. The van der Waals surface area contributed by atoms with Crippen LogP contribution < -0.4 is 10.6 Å². The summed E-state index contributed by atoms with van der Waals surface area (Å²) in [5, 5.41) is 6.09. The van der Waals surface area contributed by atoms with Gasteiger partial charge < -0.3 is 10.6 Å². The first-order valence-electron chi connectivity index (χ1n) is 7.08. The summed E-state index contributed by atoms with van der Waals surface area (Å²) in [5.74, 6) is -0.528. The highest BCUT2D eigenvalue weighted by molar-refractivity contribution is 6.05. The molecule has 3 rings (SSSR count). The van der Waals surface area contributed by atoms with Gasteiger partial charge in [-0.05, 0) is 55.7 Å². The van der Waals surface area contributed by atoms with E-state index in [4.69, 9.17) is 0 Å². The fourth-order valence-corrected chi connectivity index (χ4v) is 2.55. The van der Waals surface area contributed by atoms with E-state index in [0.717, 1.165) is 30.6 Å². The van der Waals surface area contributed by atoms with Crippen LogP contribution >= 0.6 is 0 Å². The minimum Gasteiger partial charge on any atom is -0.385 e. The summed E-state index contributed by atoms with van der Waals surface area (Å²) in [7, 11) is 0. The third-order valence-corrected chi connectivity index (χ3v) is 3.82. The Balaban J connectivity index is 1.84. The van der Waals surface area contributed by atoms with Gasteiger partial charge in [-0.15, -0.1) is 0 Å². The predicted molar refractivity (Wildman–Crippen MR) is 82.3 cm³/mol. The Morgan fingerprint density at radius 3 is 3.00 bits per heavy atom. The normalized spacial score (nSPS) is 13.2. The molecule has 0 saturated carbocycles. The van der Waals surface area contributed by atoms with Crippen LogP contribution in [0.1, 0.15) is 27.9 Å². The van der Waals surface area contributed by atoms with Gasteiger partial charge in [-0.2, -0.15) is 0 Å². The zero-order chi connectivity index (χ0) is 14.8. The molecule has 4 heteroatoms. The molecule has 0 bridgehead atoms. The van der Waals surface area contributed by atoms with Gasteiger partial charge in [0.2, 0.25) is 0 Å². The maximum atomic E-state index is 13.5. The number of anilines is 2. The first kappa shape index (κ1) is 13.6. The van der Waals surface area contributed by atoms with Gasteiger partial charge in [-0.25, -0.2) is 4.39 Å². The number of hydrogen-bond donors (Lipinski definition) is 2. The number of fused-ring (bicyclic) bond motifs is 1. The summed E-state index contributed by atoms with van der Waals surface area (Å²) >= 11 is 0. The van der Waals surface area contributed by atoms with E-state index >= 15 is 0 Å². The van der Waals surface area contributed by atoms with Crippen molar-refractivity contribution in [3.63, 3.8) is 0 Å². The number of nitrogens with one attached hydrogen (secondary N) is 2. The Morgan fingerprint density at radius 2 is 2.14 bits per heavy atom. The van der Waals surface area contributed by atoms with Crippen molar-refractivity contribution in [3.8, 4) is 0 Å². The fourth-order valence-electron chi connectivity index (χ4n) is 2.55. The van der Waals surface area contributed by atoms with E-state index in [1.54, 1.807) is 25.1 Å². The first-order chi connectivity index (χ1) is 10.1. The average Bonchev–Trinajstić information content (AvgIpc) is 2.51. The third-order valence-electron chi connectivity index (χ3n) is 3.82. The smallest absolute Gasteiger partial charge is 0.255 e. The molecule has 0 aliphatic carbocycles. The summed E-state index contributed by atoms with van der Waals surface area (Å²) in [4.78, 5) is 12.3. The van der Waals surface area contributed by atoms with Crippen molar-refractivity contribution < 1.29 is 9.18 Å². The lowest BCUT2D eigenvalue weighted by Crippen LogP contribution is -2.16. The lowest BCUT2D eigenvalue weighted by Gasteiger charge is -2.18. The molecular formula is C17H17FN2O. The van der Waals surface area contributed by atoms with Crippen LogP contribution in [-0.4, -0.2) is 12.5 Å². The molecule has 1 aliphatic rings. The quantitative estimate of drug-likeness (QED) is 0.882. The number of halogens is 1. The number of benzene rings is 2. The van der Waals surface area contributed by atoms with Gasteiger partial charge >= 0.3 is 0 Å². The van der Waals surface area contributed by atoms with Crippen LogP contribution in [0.15, 0.2) is 36.4 Å². The number of aryl methyl sites for hydroxylation is 1. The molecule has 108 valence electrons. The predicted octanol–water partition coefficient (Wildman–Crippen LogP) is 3.74. The third kappa shape index (κ3) is 2.75. The molecule has 0 radical (unpaired) electrons. The molecule has 0 aromatic heterocycles. The summed E-state index contributed by atoms with van der Waals surface area (Å²) in [6, 6.07) is 10.3. The highest BCUT2D eigenvalue weighted by Crippen LogP contribution is 2.24. The zero-order valence-corrected chi connectivity index (χ0v) is 11.9. The van der Waals surface area contributed by atoms with Crippen LogP contribution in [0.5, 0.6) is 0 Å². The van der Waals surface area contributed by atoms with E-state index in [0.29, 0.717) is 16.8 Å². The monoisotopic (exact) mass is 284 g/mol. The SMILES string of the molecule is Cc1c(F)cccc1NC(=O)c1ccc2c(c1)CCCN2. The maximum Gasteiger partial charge on any atom is 0.255 e. The highest BCUT2D eigenvalue weighted by Gasteiger charge is 2.13. The summed E-state index contributed by atoms with van der Waals surface area (Å²) < 4.78 is 13.5. The first-order valence-corrected chi connectivity index (χ1v) is 7.08. The molecule has 2 aromatic rings. The Hall–Kier alpha value is -2.36. The standard InChI is InChI=1S/C17H17FN2O/c1-11-14(18)5-2-6-15(11)20-17(21)13-7-8-16-12(10-13)4-3-9-19-16/h2,5-8,10,19H,3-4,9H2,1H3,(H,20,21). The Bertz CT molecular complexity index is 697. The van der Waals surface area contributed by atoms with Crippen molar-refractivity contribution in [2.75, 3.05) is 17.2 Å². The van der Waals surface area contributed by atoms with Crippen LogP contribution in [0.4, 0.5) is 15.8 Å². The minimum atomic E-state index is -0.317. The number of rotatable bonds is 2. The van der Waals surface area contributed by atoms with E-state index in [2.05, 4.69) is 10.6 Å². The number of hydrogen-bond acceptors (Lipinski definition) is 2. The molecule has 1 heterocycles. The summed E-state index contributed by atoms with van der Waals surface area (Å²) in [6.45, 7) is 2.63. The van der Waals surface area contributed by atoms with Gasteiger partial charge in [0.15, 0.2) is 0 Å². The second-order valence-corrected chi connectivity index (χ2v) is 5.27. The Morgan fingerprint density at radius 1 is 1.29 bits per heavy atom. The molecule has 1 aliphatic heterocycles. The molecule has 2 N–H and O–H groups in total. The largest absolute Gasteiger partial charge is 0.385 e. The van der Waals surface area contributed by atoms with Gasteiger partial charge in [-0.3, -0.25) is 4.79 Å². The molecule has 21 heavy (non-hydrogen) atoms. The molecule has 0 fully saturated rings. The molecule has 0 saturated heterocycles. The lowest BCUT2D eigenvalue weighted by atomic mass is 10.0. The van der Waals surface area contributed by atoms with Crippen molar-refractivity contribution in [3.05, 3.63) is 58.9 Å². The Labute approximate surface area is 123 Å². The maximum absolute atomic E-state index is 13.5. The lowest BCUT2D eigenvalue weighted by molar-refractivity contribution is 0.102. The van der Waals surface area contributed by atoms with E-state index in [1.165, 1.54) is 6.07 Å². The number of carbonyl (C=O) groups is 1. The van der Waals surface area contributed by atoms with Crippen LogP contribution in [-0.2, 0) is 6.42 Å². The van der Waals surface area contributed by atoms with Crippen molar-refractivity contribution in [2.24, 2.45) is 0 Å². The van der Waals surface area contributed by atoms with E-state index < -0.39 is 0 Å². The van der Waals surface area contributed by atoms with Crippen LogP contribution in [0.2, 0.25) is 0 Å². The molecule has 1 amide bonds. The van der Waals surface area contributed by atoms with Gasteiger partial charge in [0.25, 0.3) is 5.91 Å². The minimum absolute atomic E-state index is 0.211. The van der Waals surface area contributed by atoms with E-state index in [-0.39, 0.29) is 11.7 Å².